The van der Waals surface area contributed by atoms with Crippen LogP contribution in [-0.4, -0.2) is 9.78 Å². The van der Waals surface area contributed by atoms with Crippen LogP contribution in [0.5, 0.6) is 11.6 Å². The van der Waals surface area contributed by atoms with E-state index in [1.54, 1.807) is 24.0 Å². The fraction of sp³-hybridized carbons (Fsp3) is 0.0769. The lowest BCUT2D eigenvalue weighted by Crippen LogP contribution is -1.91. The molecule has 0 saturated carbocycles. The Labute approximate surface area is 108 Å². The molecule has 2 heterocycles. The monoisotopic (exact) mass is 254 g/mol. The molecule has 1 aromatic carbocycles. The SMILES string of the molecule is Cn1cc(N)c(Oc2c(C#N)oc3ccccc23)n1. The van der Waals surface area contributed by atoms with Crippen molar-refractivity contribution in [3.8, 4) is 17.7 Å². The number of nitriles is 1. The van der Waals surface area contributed by atoms with Crippen LogP contribution in [0.1, 0.15) is 5.76 Å². The van der Waals surface area contributed by atoms with Crippen molar-refractivity contribution in [2.45, 2.75) is 0 Å². The summed E-state index contributed by atoms with van der Waals surface area (Å²) in [6, 6.07) is 9.21. The Kier molecular flexibility index (Phi) is 2.39. The van der Waals surface area contributed by atoms with E-state index in [1.807, 2.05) is 24.3 Å². The Bertz CT molecular complexity index is 795. The highest BCUT2D eigenvalue weighted by Crippen LogP contribution is 2.36. The van der Waals surface area contributed by atoms with Crippen LogP contribution in [0.2, 0.25) is 0 Å². The van der Waals surface area contributed by atoms with Gasteiger partial charge in [-0.15, -0.1) is 5.10 Å². The topological polar surface area (TPSA) is 90.0 Å². The largest absolute Gasteiger partial charge is 0.442 e. The first-order chi connectivity index (χ1) is 9.19. The second-order valence-electron chi connectivity index (χ2n) is 4.03. The number of hydrogen-bond acceptors (Lipinski definition) is 5. The summed E-state index contributed by atoms with van der Waals surface area (Å²) in [7, 11) is 1.74. The molecule has 2 N–H and O–H groups in total. The number of benzene rings is 1. The van der Waals surface area contributed by atoms with Gasteiger partial charge < -0.3 is 14.9 Å². The number of furan rings is 1. The average molecular weight is 254 g/mol. The number of nitrogens with zero attached hydrogens (tertiary/aromatic N) is 3. The smallest absolute Gasteiger partial charge is 0.261 e. The Morgan fingerprint density at radius 3 is 2.89 bits per heavy atom. The first-order valence-corrected chi connectivity index (χ1v) is 5.57. The van der Waals surface area contributed by atoms with Gasteiger partial charge in [-0.25, -0.2) is 0 Å². The summed E-state index contributed by atoms with van der Waals surface area (Å²) >= 11 is 0. The summed E-state index contributed by atoms with van der Waals surface area (Å²) in [5, 5.41) is 13.9. The molecule has 0 spiro atoms. The molecular formula is C13H10N4O2. The van der Waals surface area contributed by atoms with Crippen molar-refractivity contribution in [3.63, 3.8) is 0 Å². The fourth-order valence-corrected chi connectivity index (χ4v) is 1.86. The summed E-state index contributed by atoms with van der Waals surface area (Å²) in [6.45, 7) is 0. The van der Waals surface area contributed by atoms with Gasteiger partial charge in [-0.1, -0.05) is 12.1 Å². The molecule has 3 aromatic rings. The average Bonchev–Trinajstić information content (AvgIpc) is 2.91. The lowest BCUT2D eigenvalue weighted by atomic mass is 10.2. The minimum absolute atomic E-state index is 0.103. The molecule has 0 aliphatic rings. The van der Waals surface area contributed by atoms with Gasteiger partial charge in [0.25, 0.3) is 5.88 Å². The molecule has 3 rings (SSSR count). The zero-order chi connectivity index (χ0) is 13.4. The minimum Gasteiger partial charge on any atom is -0.442 e. The van der Waals surface area contributed by atoms with Crippen molar-refractivity contribution in [3.05, 3.63) is 36.2 Å². The predicted octanol–water partition coefficient (Wildman–Crippen LogP) is 2.41. The van der Waals surface area contributed by atoms with Gasteiger partial charge in [0.15, 0.2) is 5.75 Å². The molecule has 6 nitrogen and oxygen atoms in total. The van der Waals surface area contributed by atoms with Crippen LogP contribution < -0.4 is 10.5 Å². The Balaban J connectivity index is 2.14. The van der Waals surface area contributed by atoms with Gasteiger partial charge in [-0.3, -0.25) is 4.68 Å². The summed E-state index contributed by atoms with van der Waals surface area (Å²) in [5.74, 6) is 0.695. The summed E-state index contributed by atoms with van der Waals surface area (Å²) in [5.41, 5.74) is 6.76. The Hall–Kier alpha value is -2.94. The number of para-hydroxylation sites is 1. The summed E-state index contributed by atoms with van der Waals surface area (Å²) in [4.78, 5) is 0. The fourth-order valence-electron chi connectivity index (χ4n) is 1.86. The number of nitrogen functional groups attached to an aromatic ring is 1. The molecule has 6 heteroatoms. The molecule has 2 aromatic heterocycles. The standard InChI is InChI=1S/C13H10N4O2/c1-17-7-9(15)13(16-17)19-12-8-4-2-3-5-10(8)18-11(12)6-14/h2-5,7H,15H2,1H3. The second-order valence-corrected chi connectivity index (χ2v) is 4.03. The lowest BCUT2D eigenvalue weighted by Gasteiger charge is -2.00. The van der Waals surface area contributed by atoms with Crippen molar-refractivity contribution in [2.75, 3.05) is 5.73 Å². The van der Waals surface area contributed by atoms with E-state index in [0.29, 0.717) is 22.4 Å². The van der Waals surface area contributed by atoms with E-state index in [4.69, 9.17) is 20.1 Å². The van der Waals surface area contributed by atoms with E-state index in [1.165, 1.54) is 0 Å². The number of fused-ring (bicyclic) bond motifs is 1. The van der Waals surface area contributed by atoms with Gasteiger partial charge >= 0.3 is 0 Å². The zero-order valence-electron chi connectivity index (χ0n) is 10.1. The molecular weight excluding hydrogens is 244 g/mol. The third kappa shape index (κ3) is 1.77. The highest BCUT2D eigenvalue weighted by molar-refractivity contribution is 5.86. The number of aryl methyl sites for hydroxylation is 1. The van der Waals surface area contributed by atoms with E-state index in [2.05, 4.69) is 5.10 Å². The van der Waals surface area contributed by atoms with E-state index >= 15 is 0 Å². The molecule has 0 saturated heterocycles. The van der Waals surface area contributed by atoms with E-state index in [9.17, 15) is 0 Å². The summed E-state index contributed by atoms with van der Waals surface area (Å²) in [6.07, 6.45) is 1.63. The zero-order valence-corrected chi connectivity index (χ0v) is 10.1. The van der Waals surface area contributed by atoms with Crippen LogP contribution >= 0.6 is 0 Å². The predicted molar refractivity (Wildman–Crippen MR) is 68.6 cm³/mol. The van der Waals surface area contributed by atoms with E-state index < -0.39 is 0 Å². The molecule has 0 unspecified atom stereocenters. The first-order valence-electron chi connectivity index (χ1n) is 5.57. The minimum atomic E-state index is 0.103. The number of hydrogen-bond donors (Lipinski definition) is 1. The van der Waals surface area contributed by atoms with Crippen molar-refractivity contribution in [2.24, 2.45) is 7.05 Å². The second kappa shape index (κ2) is 4.07. The van der Waals surface area contributed by atoms with Crippen molar-refractivity contribution < 1.29 is 9.15 Å². The third-order valence-corrected chi connectivity index (χ3v) is 2.67. The molecule has 0 aliphatic heterocycles. The van der Waals surface area contributed by atoms with Crippen molar-refractivity contribution in [1.82, 2.24) is 9.78 Å². The van der Waals surface area contributed by atoms with Gasteiger partial charge in [0.05, 0.1) is 11.6 Å². The number of anilines is 1. The highest BCUT2D eigenvalue weighted by atomic mass is 16.5. The quantitative estimate of drug-likeness (QED) is 0.758. The molecule has 19 heavy (non-hydrogen) atoms. The molecule has 94 valence electrons. The number of nitrogens with two attached hydrogens (primary N) is 1. The maximum absolute atomic E-state index is 9.09. The van der Waals surface area contributed by atoms with Crippen LogP contribution in [0.3, 0.4) is 0 Å². The Morgan fingerprint density at radius 2 is 2.21 bits per heavy atom. The van der Waals surface area contributed by atoms with Crippen LogP contribution in [0.4, 0.5) is 5.69 Å². The number of ether oxygens (including phenoxy) is 1. The molecule has 0 aliphatic carbocycles. The maximum Gasteiger partial charge on any atom is 0.261 e. The van der Waals surface area contributed by atoms with Gasteiger partial charge in [-0.2, -0.15) is 5.26 Å². The van der Waals surface area contributed by atoms with Crippen LogP contribution in [-0.2, 0) is 7.05 Å². The van der Waals surface area contributed by atoms with E-state index in [-0.39, 0.29) is 11.6 Å². The van der Waals surface area contributed by atoms with Gasteiger partial charge in [-0.05, 0) is 12.1 Å². The summed E-state index contributed by atoms with van der Waals surface area (Å²) < 4.78 is 12.6. The maximum atomic E-state index is 9.09. The van der Waals surface area contributed by atoms with Gasteiger partial charge in [0.2, 0.25) is 5.76 Å². The van der Waals surface area contributed by atoms with Crippen molar-refractivity contribution in [1.29, 1.82) is 5.26 Å². The van der Waals surface area contributed by atoms with Gasteiger partial charge in [0.1, 0.15) is 17.3 Å². The third-order valence-electron chi connectivity index (χ3n) is 2.67. The highest BCUT2D eigenvalue weighted by Gasteiger charge is 2.18. The molecule has 0 bridgehead atoms. The Morgan fingerprint density at radius 1 is 1.42 bits per heavy atom. The molecule has 0 radical (unpaired) electrons. The van der Waals surface area contributed by atoms with Crippen molar-refractivity contribution >= 4 is 16.7 Å². The molecule has 0 fully saturated rings. The molecule has 0 atom stereocenters. The lowest BCUT2D eigenvalue weighted by molar-refractivity contribution is 0.445. The van der Waals surface area contributed by atoms with Crippen LogP contribution in [0, 0.1) is 11.3 Å². The number of aromatic nitrogens is 2. The number of rotatable bonds is 2. The van der Waals surface area contributed by atoms with Crippen LogP contribution in [0.25, 0.3) is 11.0 Å². The van der Waals surface area contributed by atoms with Gasteiger partial charge in [0, 0.05) is 7.05 Å². The van der Waals surface area contributed by atoms with Crippen LogP contribution in [0.15, 0.2) is 34.9 Å². The normalized spacial score (nSPS) is 10.5. The molecule has 0 amide bonds. The van der Waals surface area contributed by atoms with E-state index in [0.717, 1.165) is 0 Å². The first kappa shape index (κ1) is 11.2.